The van der Waals surface area contributed by atoms with Crippen LogP contribution in [0, 0.1) is 5.92 Å². The number of likely N-dealkylation sites (tertiary alicyclic amines) is 2. The predicted octanol–water partition coefficient (Wildman–Crippen LogP) is 7.40. The fourth-order valence-corrected chi connectivity index (χ4v) is 6.16. The van der Waals surface area contributed by atoms with Crippen LogP contribution in [0.4, 0.5) is 32.0 Å². The van der Waals surface area contributed by atoms with Gasteiger partial charge in [-0.1, -0.05) is 18.2 Å². The van der Waals surface area contributed by atoms with Crippen molar-refractivity contribution in [2.24, 2.45) is 5.92 Å². The molecule has 1 aromatic rings. The monoisotopic (exact) mass is 575 g/mol. The lowest BCUT2D eigenvalue weighted by Gasteiger charge is -2.37. The summed E-state index contributed by atoms with van der Waals surface area (Å²) in [5.74, 6) is 0.706. The molecule has 1 atom stereocenters. The minimum atomic E-state index is -4.30. The lowest BCUT2D eigenvalue weighted by molar-refractivity contribution is -0.132. The van der Waals surface area contributed by atoms with Crippen LogP contribution in [0.15, 0.2) is 53.0 Å². The van der Waals surface area contributed by atoms with Crippen LogP contribution in [-0.4, -0.2) is 65.7 Å². The Kier molecular flexibility index (Phi) is 9.96. The van der Waals surface area contributed by atoms with Crippen molar-refractivity contribution in [1.82, 2.24) is 9.80 Å². The van der Waals surface area contributed by atoms with E-state index in [1.807, 2.05) is 4.90 Å². The van der Waals surface area contributed by atoms with Crippen LogP contribution in [0.3, 0.4) is 0 Å². The Bertz CT molecular complexity index is 1010. The van der Waals surface area contributed by atoms with Gasteiger partial charge in [0.15, 0.2) is 0 Å². The van der Waals surface area contributed by atoms with Crippen LogP contribution in [0.2, 0.25) is 0 Å². The molecule has 2 heterocycles. The molecule has 1 N–H and O–H groups in total. The highest BCUT2D eigenvalue weighted by atomic mass is 32.2. The number of amides is 1. The third-order valence-corrected chi connectivity index (χ3v) is 8.57. The van der Waals surface area contributed by atoms with Crippen molar-refractivity contribution in [3.05, 3.63) is 48.1 Å². The third kappa shape index (κ3) is 9.20. The number of rotatable bonds is 8. The van der Waals surface area contributed by atoms with Crippen molar-refractivity contribution in [2.45, 2.75) is 80.0 Å². The zero-order valence-electron chi connectivity index (χ0n) is 21.7. The average molecular weight is 576 g/mol. The van der Waals surface area contributed by atoms with E-state index in [9.17, 15) is 31.1 Å². The van der Waals surface area contributed by atoms with E-state index in [2.05, 4.69) is 10.2 Å². The van der Waals surface area contributed by atoms with E-state index in [1.165, 1.54) is 24.3 Å². The van der Waals surface area contributed by atoms with Crippen LogP contribution in [0.1, 0.15) is 51.4 Å². The Morgan fingerprint density at radius 2 is 1.62 bits per heavy atom. The Morgan fingerprint density at radius 1 is 0.949 bits per heavy atom. The summed E-state index contributed by atoms with van der Waals surface area (Å²) in [4.78, 5) is 17.0. The Labute approximate surface area is 229 Å². The number of anilines is 1. The minimum Gasteiger partial charge on any atom is -0.382 e. The van der Waals surface area contributed by atoms with E-state index in [4.69, 9.17) is 0 Å². The first-order chi connectivity index (χ1) is 18.5. The largest absolute Gasteiger partial charge is 0.446 e. The Morgan fingerprint density at radius 3 is 2.18 bits per heavy atom. The van der Waals surface area contributed by atoms with Crippen LogP contribution in [-0.2, 0) is 4.79 Å². The molecule has 0 spiro atoms. The van der Waals surface area contributed by atoms with Gasteiger partial charge in [-0.25, -0.2) is 0 Å². The van der Waals surface area contributed by atoms with Gasteiger partial charge in [-0.05, 0) is 100.0 Å². The number of piperidine rings is 2. The first-order valence-corrected chi connectivity index (χ1v) is 14.4. The standard InChI is InChI=1S/C28H35F6N3OS/c29-27(30,31)21-4-8-24(9-5-21)36-16-12-20(13-17-36)2-1-3-26(38)37-18-14-23(15-19-37)35-22-6-10-25(11-7-22)39-28(32,33)34/h4-8,10-11,20,23-24,35H,1-3,9,12-19H2. The van der Waals surface area contributed by atoms with Gasteiger partial charge in [0, 0.05) is 42.2 Å². The van der Waals surface area contributed by atoms with Gasteiger partial charge in [0.25, 0.3) is 0 Å². The molecular weight excluding hydrogens is 540 g/mol. The summed E-state index contributed by atoms with van der Waals surface area (Å²) in [5, 5.41) is 3.36. The number of alkyl halides is 6. The molecule has 1 amide bonds. The third-order valence-electron chi connectivity index (χ3n) is 7.83. The SMILES string of the molecule is O=C(CCCC1CCN(C2C=CC(C(F)(F)F)=CC2)CC1)N1CCC(Nc2ccc(SC(F)(F)F)cc2)CC1. The van der Waals surface area contributed by atoms with Crippen molar-refractivity contribution in [3.63, 3.8) is 0 Å². The second-order valence-corrected chi connectivity index (χ2v) is 11.7. The van der Waals surface area contributed by atoms with E-state index in [-0.39, 0.29) is 34.6 Å². The normalized spacial score (nSPS) is 22.2. The minimum absolute atomic E-state index is 0.0313. The molecule has 4 rings (SSSR count). The molecule has 3 aliphatic rings. The molecule has 1 aromatic carbocycles. The van der Waals surface area contributed by atoms with Crippen LogP contribution < -0.4 is 5.32 Å². The van der Waals surface area contributed by atoms with E-state index in [1.54, 1.807) is 18.2 Å². The fourth-order valence-electron chi connectivity index (χ4n) is 5.63. The van der Waals surface area contributed by atoms with Crippen LogP contribution in [0.5, 0.6) is 0 Å². The molecular formula is C28H35F6N3OS. The topological polar surface area (TPSA) is 35.6 Å². The first kappa shape index (κ1) is 29.8. The van der Waals surface area contributed by atoms with Crippen molar-refractivity contribution in [3.8, 4) is 0 Å². The number of hydrogen-bond donors (Lipinski definition) is 1. The first-order valence-electron chi connectivity index (χ1n) is 13.6. The Balaban J connectivity index is 1.09. The average Bonchev–Trinajstić information content (AvgIpc) is 2.89. The number of nitrogens with one attached hydrogen (secondary N) is 1. The van der Waals surface area contributed by atoms with Crippen molar-refractivity contribution in [2.75, 3.05) is 31.5 Å². The lowest BCUT2D eigenvalue weighted by atomic mass is 9.89. The van der Waals surface area contributed by atoms with Gasteiger partial charge in [0.05, 0.1) is 5.57 Å². The van der Waals surface area contributed by atoms with E-state index in [0.717, 1.165) is 57.3 Å². The maximum atomic E-state index is 12.8. The molecule has 216 valence electrons. The quantitative estimate of drug-likeness (QED) is 0.259. The van der Waals surface area contributed by atoms with Gasteiger partial charge in [0.1, 0.15) is 0 Å². The second-order valence-electron chi connectivity index (χ2n) is 10.6. The maximum absolute atomic E-state index is 12.8. The molecule has 39 heavy (non-hydrogen) atoms. The number of benzene rings is 1. The zero-order chi connectivity index (χ0) is 28.0. The summed E-state index contributed by atoms with van der Waals surface area (Å²) in [6.07, 6.45) is 6.20. The molecule has 1 unspecified atom stereocenters. The van der Waals surface area contributed by atoms with Gasteiger partial charge in [-0.3, -0.25) is 9.69 Å². The molecule has 1 aliphatic carbocycles. The zero-order valence-corrected chi connectivity index (χ0v) is 22.6. The molecule has 2 aliphatic heterocycles. The smallest absolute Gasteiger partial charge is 0.382 e. The van der Waals surface area contributed by atoms with E-state index >= 15 is 0 Å². The predicted molar refractivity (Wildman–Crippen MR) is 141 cm³/mol. The second kappa shape index (κ2) is 13.0. The highest BCUT2D eigenvalue weighted by molar-refractivity contribution is 8.00. The number of allylic oxidation sites excluding steroid dienone is 2. The molecule has 0 radical (unpaired) electrons. The number of carbonyl (C=O) groups is 1. The summed E-state index contributed by atoms with van der Waals surface area (Å²) in [6, 6.07) is 6.44. The van der Waals surface area contributed by atoms with E-state index in [0.29, 0.717) is 31.8 Å². The summed E-state index contributed by atoms with van der Waals surface area (Å²) < 4.78 is 75.9. The Hall–Kier alpha value is -2.14. The van der Waals surface area contributed by atoms with Gasteiger partial charge in [0.2, 0.25) is 5.91 Å². The highest BCUT2D eigenvalue weighted by Crippen LogP contribution is 2.37. The lowest BCUT2D eigenvalue weighted by Crippen LogP contribution is -2.42. The number of hydrogen-bond acceptors (Lipinski definition) is 4. The summed E-state index contributed by atoms with van der Waals surface area (Å²) >= 11 is -0.129. The van der Waals surface area contributed by atoms with Crippen LogP contribution in [0.25, 0.3) is 0 Å². The van der Waals surface area contributed by atoms with Gasteiger partial charge in [-0.2, -0.15) is 26.3 Å². The highest BCUT2D eigenvalue weighted by Gasteiger charge is 2.34. The molecule has 0 saturated carbocycles. The van der Waals surface area contributed by atoms with Gasteiger partial charge in [-0.15, -0.1) is 0 Å². The van der Waals surface area contributed by atoms with Crippen molar-refractivity contribution in [1.29, 1.82) is 0 Å². The number of carbonyl (C=O) groups excluding carboxylic acids is 1. The molecule has 2 saturated heterocycles. The molecule has 11 heteroatoms. The molecule has 4 nitrogen and oxygen atoms in total. The van der Waals surface area contributed by atoms with Gasteiger partial charge >= 0.3 is 11.7 Å². The number of nitrogens with zero attached hydrogens (tertiary/aromatic N) is 2. The molecule has 0 aromatic heterocycles. The van der Waals surface area contributed by atoms with E-state index < -0.39 is 17.3 Å². The van der Waals surface area contributed by atoms with Gasteiger partial charge < -0.3 is 10.2 Å². The molecule has 0 bridgehead atoms. The van der Waals surface area contributed by atoms with Crippen molar-refractivity contribution >= 4 is 23.4 Å². The maximum Gasteiger partial charge on any atom is 0.446 e. The summed E-state index contributed by atoms with van der Waals surface area (Å²) in [7, 11) is 0. The fraction of sp³-hybridized carbons (Fsp3) is 0.607. The molecule has 2 fully saturated rings. The van der Waals surface area contributed by atoms with Crippen LogP contribution >= 0.6 is 11.8 Å². The number of halogens is 6. The van der Waals surface area contributed by atoms with Crippen molar-refractivity contribution < 1.29 is 31.1 Å². The summed E-state index contributed by atoms with van der Waals surface area (Å²) in [6.45, 7) is 3.06. The number of thioether (sulfide) groups is 1. The summed E-state index contributed by atoms with van der Waals surface area (Å²) in [5.41, 5.74) is -4.08.